The second-order valence-electron chi connectivity index (χ2n) is 14.9. The van der Waals surface area contributed by atoms with Gasteiger partial charge >= 0.3 is 0 Å². The van der Waals surface area contributed by atoms with E-state index in [9.17, 15) is 9.90 Å². The third-order valence-corrected chi connectivity index (χ3v) is 14.1. The molecule has 1 aliphatic carbocycles. The van der Waals surface area contributed by atoms with Crippen molar-refractivity contribution >= 4 is 46.2 Å². The van der Waals surface area contributed by atoms with Crippen LogP contribution < -0.4 is 10.6 Å². The van der Waals surface area contributed by atoms with Crippen LogP contribution in [0.15, 0.2) is 83.1 Å². The summed E-state index contributed by atoms with van der Waals surface area (Å²) in [5, 5.41) is 15.9. The van der Waals surface area contributed by atoms with Crippen LogP contribution in [-0.4, -0.2) is 23.9 Å². The van der Waals surface area contributed by atoms with Crippen LogP contribution in [0.1, 0.15) is 104 Å². The van der Waals surface area contributed by atoms with E-state index in [1.807, 2.05) is 40.0 Å². The maximum Gasteiger partial charge on any atom is 0.162 e. The largest absolute Gasteiger partial charge is 0.512 e. The number of allylic oxidation sites excluding steroid dienone is 2. The molecule has 0 bridgehead atoms. The molecular formula is C44H54IrNO3Si-. The fourth-order valence-corrected chi connectivity index (χ4v) is 10.6. The number of carbonyl (C=O) groups is 1. The molecule has 5 aromatic rings. The minimum absolute atomic E-state index is 0. The van der Waals surface area contributed by atoms with E-state index in [0.29, 0.717) is 5.92 Å². The number of carbonyl (C=O) groups excluding carboxylic acids is 1. The van der Waals surface area contributed by atoms with Crippen LogP contribution in [-0.2, 0) is 30.3 Å². The number of nitrogens with zero attached hydrogens (tertiary/aromatic N) is 1. The van der Waals surface area contributed by atoms with E-state index in [0.717, 1.165) is 47.9 Å². The summed E-state index contributed by atoms with van der Waals surface area (Å²) in [5.41, 5.74) is 6.95. The molecule has 0 atom stereocenters. The Bertz CT molecular complexity index is 1980. The number of hydrogen-bond acceptors (Lipinski definition) is 4. The van der Waals surface area contributed by atoms with Crippen LogP contribution in [0, 0.1) is 17.9 Å². The first-order valence-electron chi connectivity index (χ1n) is 18.2. The zero-order valence-electron chi connectivity index (χ0n) is 31.5. The molecule has 3 aromatic carbocycles. The molecule has 0 amide bonds. The van der Waals surface area contributed by atoms with Crippen LogP contribution in [0.2, 0.25) is 13.1 Å². The summed E-state index contributed by atoms with van der Waals surface area (Å²) in [5.74, 6) is 0.925. The molecule has 0 spiro atoms. The number of hydrogen-bond donors (Lipinski definition) is 1. The van der Waals surface area contributed by atoms with Gasteiger partial charge in [0.15, 0.2) is 13.9 Å². The molecular weight excluding hydrogens is 811 g/mol. The fourth-order valence-electron chi connectivity index (χ4n) is 7.88. The summed E-state index contributed by atoms with van der Waals surface area (Å²) < 4.78 is 6.80. The molecule has 6 rings (SSSR count). The minimum Gasteiger partial charge on any atom is -0.512 e. The van der Waals surface area contributed by atoms with E-state index in [-0.39, 0.29) is 48.9 Å². The monoisotopic (exact) mass is 865 g/mol. The first-order chi connectivity index (χ1) is 23.3. The number of benzene rings is 3. The number of aliphatic hydroxyl groups is 1. The number of ketones is 1. The standard InChI is InChI=1S/C31H30NOSi.C13H24O2.Ir/c1-19(2)25-22-15-11-10-12-20(22)18-23-27(25)31(3,4)28-26-24(16-17-32-29(23)26)33-30(28)34(5,6)21-13-8-7-9-14-21;1-5-10(6-2)12(14)9-13(15)11(7-3)8-4;/h7-17,19H,1-6H3;9-11,14H,5-8H2,1-4H3;/q-1;;/b;12-9-;. The fraction of sp³-hybridized carbons (Fsp3) is 0.409. The molecule has 0 saturated carbocycles. The quantitative estimate of drug-likeness (QED) is 0.0657. The van der Waals surface area contributed by atoms with Crippen LogP contribution in [0.25, 0.3) is 33.0 Å². The average molecular weight is 865 g/mol. The van der Waals surface area contributed by atoms with E-state index in [2.05, 4.69) is 101 Å². The van der Waals surface area contributed by atoms with Gasteiger partial charge in [0.05, 0.1) is 11.1 Å². The topological polar surface area (TPSA) is 63.3 Å². The predicted molar refractivity (Wildman–Crippen MR) is 209 cm³/mol. The molecule has 0 unspecified atom stereocenters. The Hall–Kier alpha value is -3.31. The molecule has 1 aliphatic rings. The van der Waals surface area contributed by atoms with Crippen molar-refractivity contribution in [2.45, 2.75) is 106 Å². The third-order valence-electron chi connectivity index (χ3n) is 10.8. The second kappa shape index (κ2) is 15.9. The average Bonchev–Trinajstić information content (AvgIpc) is 3.51. The van der Waals surface area contributed by atoms with Crippen LogP contribution in [0.5, 0.6) is 0 Å². The SMILES string of the molecule is CC(C)c1c2c([c-]c3ccccc13)-c1nccc3oc([Si](C)(C)c4ccccc4)c(c13)C2(C)C.CCC(CC)C(=O)/C=C(\O)C(CC)CC.[Ir]. The Labute approximate surface area is 314 Å². The van der Waals surface area contributed by atoms with E-state index in [1.54, 1.807) is 0 Å². The van der Waals surface area contributed by atoms with Gasteiger partial charge in [-0.2, -0.15) is 0 Å². The zero-order chi connectivity index (χ0) is 35.7. The van der Waals surface area contributed by atoms with Crippen LogP contribution in [0.4, 0.5) is 0 Å². The van der Waals surface area contributed by atoms with Gasteiger partial charge in [0.2, 0.25) is 0 Å². The molecule has 4 nitrogen and oxygen atoms in total. The Morgan fingerprint density at radius 3 is 2.10 bits per heavy atom. The van der Waals surface area contributed by atoms with Crippen molar-refractivity contribution in [3.05, 3.63) is 101 Å². The number of pyridine rings is 1. The molecule has 2 heterocycles. The Kier molecular flexibility index (Phi) is 12.6. The first kappa shape index (κ1) is 39.5. The van der Waals surface area contributed by atoms with Crippen molar-refractivity contribution in [2.24, 2.45) is 11.8 Å². The van der Waals surface area contributed by atoms with Crippen molar-refractivity contribution in [2.75, 3.05) is 0 Å². The van der Waals surface area contributed by atoms with Crippen molar-refractivity contribution in [3.63, 3.8) is 0 Å². The first-order valence-corrected chi connectivity index (χ1v) is 21.2. The van der Waals surface area contributed by atoms with E-state index in [4.69, 9.17) is 9.40 Å². The molecule has 50 heavy (non-hydrogen) atoms. The number of aliphatic hydroxyl groups excluding tert-OH is 1. The molecule has 2 aromatic heterocycles. The predicted octanol–water partition coefficient (Wildman–Crippen LogP) is 10.9. The van der Waals surface area contributed by atoms with Gasteiger partial charge in [0, 0.05) is 55.3 Å². The van der Waals surface area contributed by atoms with Gasteiger partial charge in [0.25, 0.3) is 0 Å². The summed E-state index contributed by atoms with van der Waals surface area (Å²) in [6.45, 7) is 22.2. The maximum absolute atomic E-state index is 11.7. The smallest absolute Gasteiger partial charge is 0.162 e. The molecule has 0 aliphatic heterocycles. The van der Waals surface area contributed by atoms with Crippen LogP contribution in [0.3, 0.4) is 0 Å². The molecule has 1 radical (unpaired) electrons. The Morgan fingerprint density at radius 2 is 1.50 bits per heavy atom. The van der Waals surface area contributed by atoms with Crippen molar-refractivity contribution < 1.29 is 34.4 Å². The number of rotatable bonds is 10. The molecule has 0 fully saturated rings. The second-order valence-corrected chi connectivity index (χ2v) is 19.2. The number of furan rings is 1. The Morgan fingerprint density at radius 1 is 0.900 bits per heavy atom. The Balaban J connectivity index is 0.000000301. The van der Waals surface area contributed by atoms with Crippen molar-refractivity contribution in [1.82, 2.24) is 4.98 Å². The summed E-state index contributed by atoms with van der Waals surface area (Å²) in [6, 6.07) is 25.4. The molecule has 267 valence electrons. The van der Waals surface area contributed by atoms with Gasteiger partial charge in [-0.25, -0.2) is 0 Å². The number of fused-ring (bicyclic) bond motifs is 3. The van der Waals surface area contributed by atoms with Gasteiger partial charge in [-0.3, -0.25) is 9.78 Å². The molecule has 6 heteroatoms. The molecule has 1 N–H and O–H groups in total. The van der Waals surface area contributed by atoms with Gasteiger partial charge in [0.1, 0.15) is 5.58 Å². The third kappa shape index (κ3) is 7.09. The van der Waals surface area contributed by atoms with E-state index < -0.39 is 8.07 Å². The van der Waals surface area contributed by atoms with Gasteiger partial charge in [-0.15, -0.1) is 23.1 Å². The summed E-state index contributed by atoms with van der Waals surface area (Å²) >= 11 is 0. The summed E-state index contributed by atoms with van der Waals surface area (Å²) in [4.78, 5) is 16.7. The van der Waals surface area contributed by atoms with Gasteiger partial charge in [-0.1, -0.05) is 139 Å². The number of aromatic nitrogens is 1. The normalized spacial score (nSPS) is 13.7. The van der Waals surface area contributed by atoms with E-state index >= 15 is 0 Å². The zero-order valence-corrected chi connectivity index (χ0v) is 34.9. The van der Waals surface area contributed by atoms with Crippen LogP contribution >= 0.6 is 0 Å². The van der Waals surface area contributed by atoms with Gasteiger partial charge in [-0.05, 0) is 48.6 Å². The van der Waals surface area contributed by atoms with Crippen molar-refractivity contribution in [3.8, 4) is 11.3 Å². The molecule has 0 saturated heterocycles. The van der Waals surface area contributed by atoms with Gasteiger partial charge < -0.3 is 9.52 Å². The van der Waals surface area contributed by atoms with Crippen molar-refractivity contribution in [1.29, 1.82) is 0 Å². The minimum atomic E-state index is -2.11. The summed E-state index contributed by atoms with van der Waals surface area (Å²) in [7, 11) is -2.11. The van der Waals surface area contributed by atoms with E-state index in [1.165, 1.54) is 44.1 Å². The maximum atomic E-state index is 11.7. The summed E-state index contributed by atoms with van der Waals surface area (Å²) in [6.07, 6.45) is 6.80.